The van der Waals surface area contributed by atoms with E-state index in [1.54, 1.807) is 0 Å². The molecular weight excluding hydrogens is 262 g/mol. The van der Waals surface area contributed by atoms with Gasteiger partial charge in [-0.3, -0.25) is 4.90 Å². The Morgan fingerprint density at radius 2 is 2.00 bits per heavy atom. The fraction of sp³-hybridized carbons (Fsp3) is 0.875. The molecule has 3 heterocycles. The largest absolute Gasteiger partial charge is 0.314 e. The number of likely N-dealkylation sites (tertiary alicyclic amines) is 1. The van der Waals surface area contributed by atoms with Gasteiger partial charge in [-0.05, 0) is 72.0 Å². The molecule has 1 atom stereocenters. The van der Waals surface area contributed by atoms with E-state index >= 15 is 0 Å². The van der Waals surface area contributed by atoms with Crippen molar-refractivity contribution in [3.8, 4) is 0 Å². The van der Waals surface area contributed by atoms with E-state index in [1.165, 1.54) is 45.3 Å². The summed E-state index contributed by atoms with van der Waals surface area (Å²) in [6.45, 7) is 11.0. The Hall–Kier alpha value is -0.940. The second-order valence-electron chi connectivity index (χ2n) is 7.64. The van der Waals surface area contributed by atoms with Gasteiger partial charge in [0.25, 0.3) is 0 Å². The molecule has 0 radical (unpaired) electrons. The zero-order chi connectivity index (χ0) is 14.9. The Kier molecular flexibility index (Phi) is 4.31. The average Bonchev–Trinajstić information content (AvgIpc) is 3.09. The zero-order valence-electron chi connectivity index (χ0n) is 13.7. The maximum Gasteiger partial charge on any atom is 0.0967 e. The van der Waals surface area contributed by atoms with Crippen LogP contribution in [0.25, 0.3) is 0 Å². The minimum Gasteiger partial charge on any atom is -0.314 e. The molecule has 3 rings (SSSR count). The summed E-state index contributed by atoms with van der Waals surface area (Å²) < 4.78 is 1.97. The predicted octanol–water partition coefficient (Wildman–Crippen LogP) is 2.00. The normalized spacial score (nSPS) is 25.6. The molecule has 1 aromatic rings. The number of nitrogens with one attached hydrogen (secondary N) is 1. The lowest BCUT2D eigenvalue weighted by Gasteiger charge is -2.34. The molecule has 0 bridgehead atoms. The van der Waals surface area contributed by atoms with Crippen molar-refractivity contribution < 1.29 is 0 Å². The van der Waals surface area contributed by atoms with Gasteiger partial charge in [0.05, 0.1) is 17.4 Å². The molecule has 2 fully saturated rings. The van der Waals surface area contributed by atoms with Crippen LogP contribution >= 0.6 is 0 Å². The number of piperidine rings is 1. The first-order valence-corrected chi connectivity index (χ1v) is 8.40. The first kappa shape index (κ1) is 15.0. The second-order valence-corrected chi connectivity index (χ2v) is 7.64. The first-order valence-electron chi connectivity index (χ1n) is 8.40. The minimum atomic E-state index is 0.0202. The van der Waals surface area contributed by atoms with Gasteiger partial charge in [0, 0.05) is 12.6 Å². The van der Waals surface area contributed by atoms with Gasteiger partial charge >= 0.3 is 0 Å². The van der Waals surface area contributed by atoms with Crippen LogP contribution in [-0.4, -0.2) is 45.6 Å². The van der Waals surface area contributed by atoms with Crippen molar-refractivity contribution in [1.29, 1.82) is 0 Å². The topological polar surface area (TPSA) is 46.0 Å². The fourth-order valence-electron chi connectivity index (χ4n) is 3.56. The van der Waals surface area contributed by atoms with Gasteiger partial charge in [0.1, 0.15) is 0 Å². The van der Waals surface area contributed by atoms with Gasteiger partial charge in [0.15, 0.2) is 0 Å². The highest BCUT2D eigenvalue weighted by Gasteiger charge is 2.28. The van der Waals surface area contributed by atoms with Crippen molar-refractivity contribution >= 4 is 0 Å². The van der Waals surface area contributed by atoms with Crippen LogP contribution in [0.2, 0.25) is 0 Å². The highest BCUT2D eigenvalue weighted by Crippen LogP contribution is 2.26. The van der Waals surface area contributed by atoms with E-state index in [-0.39, 0.29) is 5.54 Å². The Bertz CT molecular complexity index is 447. The molecule has 118 valence electrons. The molecule has 0 spiro atoms. The van der Waals surface area contributed by atoms with Gasteiger partial charge in [0.2, 0.25) is 0 Å². The highest BCUT2D eigenvalue weighted by atomic mass is 15.4. The second kappa shape index (κ2) is 6.05. The Labute approximate surface area is 128 Å². The van der Waals surface area contributed by atoms with Gasteiger partial charge < -0.3 is 5.32 Å². The van der Waals surface area contributed by atoms with E-state index in [1.807, 2.05) is 4.68 Å². The molecule has 0 aliphatic carbocycles. The lowest BCUT2D eigenvalue weighted by Crippen LogP contribution is -2.40. The molecule has 5 nitrogen and oxygen atoms in total. The standard InChI is InChI=1S/C16H29N5/c1-16(2,3)21-12-14(18-19-21)11-20-9-6-13(7-10-20)15-5-4-8-17-15/h12-13,15,17H,4-11H2,1-3H3. The average molecular weight is 291 g/mol. The van der Waals surface area contributed by atoms with Crippen LogP contribution in [0.15, 0.2) is 6.20 Å². The van der Waals surface area contributed by atoms with Crippen LogP contribution in [0.3, 0.4) is 0 Å². The third-order valence-corrected chi connectivity index (χ3v) is 4.91. The molecule has 2 saturated heterocycles. The SMILES string of the molecule is CC(C)(C)n1cc(CN2CCC(C3CCCN3)CC2)nn1. The van der Waals surface area contributed by atoms with E-state index < -0.39 is 0 Å². The summed E-state index contributed by atoms with van der Waals surface area (Å²) in [7, 11) is 0. The van der Waals surface area contributed by atoms with Crippen LogP contribution in [0.4, 0.5) is 0 Å². The lowest BCUT2D eigenvalue weighted by atomic mass is 9.88. The number of rotatable bonds is 3. The number of aromatic nitrogens is 3. The fourth-order valence-corrected chi connectivity index (χ4v) is 3.56. The molecule has 0 amide bonds. The number of hydrogen-bond acceptors (Lipinski definition) is 4. The minimum absolute atomic E-state index is 0.0202. The Morgan fingerprint density at radius 3 is 2.57 bits per heavy atom. The summed E-state index contributed by atoms with van der Waals surface area (Å²) in [5.41, 5.74) is 1.12. The molecule has 0 aromatic carbocycles. The van der Waals surface area contributed by atoms with Crippen molar-refractivity contribution in [3.63, 3.8) is 0 Å². The van der Waals surface area contributed by atoms with E-state index in [0.29, 0.717) is 0 Å². The summed E-state index contributed by atoms with van der Waals surface area (Å²) in [5, 5.41) is 12.3. The van der Waals surface area contributed by atoms with Crippen molar-refractivity contribution in [1.82, 2.24) is 25.2 Å². The zero-order valence-corrected chi connectivity index (χ0v) is 13.7. The van der Waals surface area contributed by atoms with Crippen LogP contribution in [0.5, 0.6) is 0 Å². The summed E-state index contributed by atoms with van der Waals surface area (Å²) in [6, 6.07) is 0.786. The van der Waals surface area contributed by atoms with Crippen LogP contribution in [-0.2, 0) is 12.1 Å². The summed E-state index contributed by atoms with van der Waals surface area (Å²) in [5.74, 6) is 0.883. The molecule has 1 unspecified atom stereocenters. The van der Waals surface area contributed by atoms with Gasteiger partial charge in [-0.2, -0.15) is 0 Å². The van der Waals surface area contributed by atoms with Crippen LogP contribution in [0.1, 0.15) is 52.1 Å². The first-order chi connectivity index (χ1) is 10.0. The predicted molar refractivity (Wildman–Crippen MR) is 84.0 cm³/mol. The molecule has 1 aromatic heterocycles. The molecule has 21 heavy (non-hydrogen) atoms. The van der Waals surface area contributed by atoms with Crippen LogP contribution in [0, 0.1) is 5.92 Å². The van der Waals surface area contributed by atoms with E-state index in [9.17, 15) is 0 Å². The Morgan fingerprint density at radius 1 is 1.24 bits per heavy atom. The van der Waals surface area contributed by atoms with Crippen molar-refractivity contribution in [2.75, 3.05) is 19.6 Å². The maximum atomic E-state index is 4.33. The quantitative estimate of drug-likeness (QED) is 0.925. The monoisotopic (exact) mass is 291 g/mol. The van der Waals surface area contributed by atoms with Gasteiger partial charge in [-0.1, -0.05) is 5.21 Å². The molecule has 2 aliphatic heterocycles. The van der Waals surface area contributed by atoms with Crippen molar-refractivity contribution in [3.05, 3.63) is 11.9 Å². The summed E-state index contributed by atoms with van der Waals surface area (Å²) >= 11 is 0. The smallest absolute Gasteiger partial charge is 0.0967 e. The molecule has 0 saturated carbocycles. The number of hydrogen-bond donors (Lipinski definition) is 1. The van der Waals surface area contributed by atoms with Crippen LogP contribution < -0.4 is 5.32 Å². The highest BCUT2D eigenvalue weighted by molar-refractivity contribution is 4.96. The van der Waals surface area contributed by atoms with E-state index in [0.717, 1.165) is 24.2 Å². The van der Waals surface area contributed by atoms with Crippen molar-refractivity contribution in [2.45, 2.75) is 64.6 Å². The molecule has 2 aliphatic rings. The summed E-state index contributed by atoms with van der Waals surface area (Å²) in [6.07, 6.45) is 7.49. The molecule has 1 N–H and O–H groups in total. The van der Waals surface area contributed by atoms with E-state index in [2.05, 4.69) is 47.5 Å². The Balaban J connectivity index is 1.50. The third-order valence-electron chi connectivity index (χ3n) is 4.91. The molecular formula is C16H29N5. The number of nitrogens with zero attached hydrogens (tertiary/aromatic N) is 4. The van der Waals surface area contributed by atoms with Crippen molar-refractivity contribution in [2.24, 2.45) is 5.92 Å². The maximum absolute atomic E-state index is 4.33. The lowest BCUT2D eigenvalue weighted by molar-refractivity contribution is 0.156. The van der Waals surface area contributed by atoms with E-state index in [4.69, 9.17) is 0 Å². The molecule has 5 heteroatoms. The van der Waals surface area contributed by atoms with Gasteiger partial charge in [-0.15, -0.1) is 5.10 Å². The third kappa shape index (κ3) is 3.64. The summed E-state index contributed by atoms with van der Waals surface area (Å²) in [4.78, 5) is 2.53. The van der Waals surface area contributed by atoms with Gasteiger partial charge in [-0.25, -0.2) is 4.68 Å².